The fourth-order valence-electron chi connectivity index (χ4n) is 1.66. The number of benzene rings is 1. The van der Waals surface area contributed by atoms with E-state index < -0.39 is 8.07 Å². The Kier molecular flexibility index (Phi) is 6.41. The van der Waals surface area contributed by atoms with Crippen molar-refractivity contribution in [2.24, 2.45) is 5.92 Å². The first-order valence-corrected chi connectivity index (χ1v) is 12.0. The number of hydrogen-bond acceptors (Lipinski definition) is 0. The van der Waals surface area contributed by atoms with Crippen molar-refractivity contribution in [1.29, 1.82) is 0 Å². The molecule has 1 rings (SSSR count). The second-order valence-corrected chi connectivity index (χ2v) is 14.4. The third-order valence-corrected chi connectivity index (χ3v) is 10.7. The fourth-order valence-corrected chi connectivity index (χ4v) is 6.84. The zero-order valence-electron chi connectivity index (χ0n) is 12.4. The molecule has 100 valence electrons. The van der Waals surface area contributed by atoms with Gasteiger partial charge >= 0.3 is 120 Å². The molecule has 18 heavy (non-hydrogen) atoms. The van der Waals surface area contributed by atoms with Crippen LogP contribution < -0.4 is 4.46 Å². The molecule has 2 heteroatoms. The summed E-state index contributed by atoms with van der Waals surface area (Å²) in [6, 6.07) is 11.0. The molecule has 1 aromatic rings. The summed E-state index contributed by atoms with van der Waals surface area (Å²) < 4.78 is 3.28. The maximum absolute atomic E-state index is 2.55. The van der Waals surface area contributed by atoms with Crippen molar-refractivity contribution in [1.82, 2.24) is 0 Å². The van der Waals surface area contributed by atoms with E-state index in [0.29, 0.717) is 15.0 Å². The van der Waals surface area contributed by atoms with Crippen LogP contribution in [-0.4, -0.2) is 23.0 Å². The molecule has 0 aliphatic heterocycles. The molecule has 0 unspecified atom stereocenters. The van der Waals surface area contributed by atoms with Gasteiger partial charge in [-0.1, -0.05) is 0 Å². The van der Waals surface area contributed by atoms with Crippen LogP contribution in [0.15, 0.2) is 40.5 Å². The third-order valence-electron chi connectivity index (χ3n) is 2.78. The Morgan fingerprint density at radius 2 is 1.78 bits per heavy atom. The van der Waals surface area contributed by atoms with Crippen molar-refractivity contribution in [2.75, 3.05) is 0 Å². The summed E-state index contributed by atoms with van der Waals surface area (Å²) >= 11 is 0.530. The van der Waals surface area contributed by atoms with Gasteiger partial charge in [-0.2, -0.15) is 0 Å². The Morgan fingerprint density at radius 3 is 2.28 bits per heavy atom. The third kappa shape index (κ3) is 6.04. The average Bonchev–Trinajstić information content (AvgIpc) is 2.27. The normalized spacial score (nSPS) is 13.1. The average molecular weight is 325 g/mol. The van der Waals surface area contributed by atoms with Crippen LogP contribution in [0.2, 0.25) is 19.6 Å². The van der Waals surface area contributed by atoms with Crippen molar-refractivity contribution >= 4 is 27.5 Å². The predicted molar refractivity (Wildman–Crippen MR) is 87.3 cm³/mol. The summed E-state index contributed by atoms with van der Waals surface area (Å²) in [7, 11) is -1.15. The molecule has 0 amide bonds. The molecule has 0 N–H and O–H groups in total. The topological polar surface area (TPSA) is 0 Å². The minimum atomic E-state index is -1.15. The van der Waals surface area contributed by atoms with Gasteiger partial charge in [-0.15, -0.1) is 0 Å². The van der Waals surface area contributed by atoms with Crippen molar-refractivity contribution in [2.45, 2.75) is 46.3 Å². The SMILES string of the molecule is CC(C)CC/C=C(/[Se]c1ccccc1)[Si](C)(C)C. The fraction of sp³-hybridized carbons (Fsp3) is 0.500. The summed E-state index contributed by atoms with van der Waals surface area (Å²) in [5.74, 6) is 0.813. The number of allylic oxidation sites excluding steroid dienone is 1. The van der Waals surface area contributed by atoms with Crippen LogP contribution in [-0.2, 0) is 0 Å². The molecule has 0 atom stereocenters. The Hall–Kier alpha value is -0.304. The van der Waals surface area contributed by atoms with Crippen LogP contribution in [0.4, 0.5) is 0 Å². The summed E-state index contributed by atoms with van der Waals surface area (Å²) in [5, 5.41) is 0. The molecule has 0 spiro atoms. The molecule has 0 saturated heterocycles. The Morgan fingerprint density at radius 1 is 1.17 bits per heavy atom. The molecule has 0 heterocycles. The molecule has 0 bridgehead atoms. The summed E-state index contributed by atoms with van der Waals surface area (Å²) in [6.07, 6.45) is 5.13. The molecule has 0 fully saturated rings. The Balaban J connectivity index is 2.74. The molecule has 0 aliphatic rings. The van der Waals surface area contributed by atoms with Gasteiger partial charge in [0, 0.05) is 0 Å². The van der Waals surface area contributed by atoms with E-state index >= 15 is 0 Å². The summed E-state index contributed by atoms with van der Waals surface area (Å²) in [5.41, 5.74) is 0. The molecular formula is C16H26SeSi. The van der Waals surface area contributed by atoms with E-state index in [2.05, 4.69) is 69.9 Å². The standard InChI is InChI=1S/C16H26SeSi/c1-14(2)10-9-13-16(18(3,4)5)17-15-11-7-6-8-12-15/h6-8,11-14H,9-10H2,1-5H3/b16-13-. The second-order valence-electron chi connectivity index (χ2n) is 6.20. The van der Waals surface area contributed by atoms with Crippen molar-refractivity contribution in [3.8, 4) is 0 Å². The van der Waals surface area contributed by atoms with E-state index in [1.807, 2.05) is 0 Å². The summed E-state index contributed by atoms with van der Waals surface area (Å²) in [4.78, 5) is 0. The van der Waals surface area contributed by atoms with E-state index in [9.17, 15) is 0 Å². The Labute approximate surface area is 120 Å². The molecule has 0 radical (unpaired) electrons. The van der Waals surface area contributed by atoms with Crippen LogP contribution in [0.5, 0.6) is 0 Å². The monoisotopic (exact) mass is 326 g/mol. The quantitative estimate of drug-likeness (QED) is 0.687. The first-order valence-electron chi connectivity index (χ1n) is 6.83. The van der Waals surface area contributed by atoms with E-state index in [1.165, 1.54) is 17.3 Å². The van der Waals surface area contributed by atoms with Crippen molar-refractivity contribution < 1.29 is 0 Å². The van der Waals surface area contributed by atoms with Gasteiger partial charge in [-0.3, -0.25) is 0 Å². The minimum absolute atomic E-state index is 0.530. The van der Waals surface area contributed by atoms with Gasteiger partial charge in [0.05, 0.1) is 0 Å². The van der Waals surface area contributed by atoms with Crippen LogP contribution in [0, 0.1) is 5.92 Å². The van der Waals surface area contributed by atoms with Crippen LogP contribution in [0.25, 0.3) is 0 Å². The molecule has 0 nitrogen and oxygen atoms in total. The maximum atomic E-state index is 2.55. The van der Waals surface area contributed by atoms with Gasteiger partial charge in [-0.05, 0) is 0 Å². The predicted octanol–water partition coefficient (Wildman–Crippen LogP) is 4.21. The van der Waals surface area contributed by atoms with E-state index in [0.717, 1.165) is 5.92 Å². The van der Waals surface area contributed by atoms with Gasteiger partial charge < -0.3 is 0 Å². The van der Waals surface area contributed by atoms with E-state index in [4.69, 9.17) is 0 Å². The van der Waals surface area contributed by atoms with Crippen LogP contribution >= 0.6 is 0 Å². The molecule has 1 aromatic carbocycles. The second kappa shape index (κ2) is 7.33. The van der Waals surface area contributed by atoms with Crippen LogP contribution in [0.3, 0.4) is 0 Å². The van der Waals surface area contributed by atoms with Gasteiger partial charge in [0.1, 0.15) is 0 Å². The van der Waals surface area contributed by atoms with Gasteiger partial charge in [0.15, 0.2) is 0 Å². The first kappa shape index (κ1) is 15.8. The zero-order valence-corrected chi connectivity index (χ0v) is 15.1. The van der Waals surface area contributed by atoms with Crippen LogP contribution in [0.1, 0.15) is 26.7 Å². The number of hydrogen-bond donors (Lipinski definition) is 0. The molecule has 0 aromatic heterocycles. The first-order chi connectivity index (χ1) is 8.39. The van der Waals surface area contributed by atoms with Crippen molar-refractivity contribution in [3.05, 3.63) is 40.5 Å². The van der Waals surface area contributed by atoms with Crippen molar-refractivity contribution in [3.63, 3.8) is 0 Å². The zero-order chi connectivity index (χ0) is 13.6. The number of rotatable bonds is 6. The molecule has 0 aliphatic carbocycles. The summed E-state index contributed by atoms with van der Waals surface area (Å²) in [6.45, 7) is 12.0. The van der Waals surface area contributed by atoms with E-state index in [-0.39, 0.29) is 0 Å². The molecule has 0 saturated carbocycles. The van der Waals surface area contributed by atoms with Gasteiger partial charge in [0.25, 0.3) is 0 Å². The molecular weight excluding hydrogens is 299 g/mol. The van der Waals surface area contributed by atoms with Gasteiger partial charge in [-0.25, -0.2) is 0 Å². The Bertz CT molecular complexity index is 374. The van der Waals surface area contributed by atoms with Gasteiger partial charge in [0.2, 0.25) is 0 Å². The van der Waals surface area contributed by atoms with E-state index in [1.54, 1.807) is 4.09 Å².